The second-order valence-electron chi connectivity index (χ2n) is 6.98. The molecule has 0 spiro atoms. The summed E-state index contributed by atoms with van der Waals surface area (Å²) < 4.78 is 0. The highest BCUT2D eigenvalue weighted by Gasteiger charge is 2.32. The molecule has 2 aromatic rings. The summed E-state index contributed by atoms with van der Waals surface area (Å²) in [6.07, 6.45) is 1.20. The Morgan fingerprint density at radius 1 is 1.21 bits per heavy atom. The van der Waals surface area contributed by atoms with Gasteiger partial charge in [-0.05, 0) is 48.6 Å². The summed E-state index contributed by atoms with van der Waals surface area (Å²) in [6.45, 7) is 6.29. The first-order valence-electron chi connectivity index (χ1n) is 9.48. The van der Waals surface area contributed by atoms with E-state index in [1.807, 2.05) is 43.3 Å². The number of amidine groups is 1. The summed E-state index contributed by atoms with van der Waals surface area (Å²) in [4.78, 5) is 29.0. The molecule has 2 atom stereocenters. The first kappa shape index (κ1) is 20.1. The number of nitrogens with one attached hydrogen (secondary N) is 2. The Morgan fingerprint density at radius 3 is 2.61 bits per heavy atom. The molecule has 0 aromatic heterocycles. The van der Waals surface area contributed by atoms with Crippen molar-refractivity contribution < 1.29 is 9.59 Å². The fourth-order valence-electron chi connectivity index (χ4n) is 2.91. The van der Waals surface area contributed by atoms with Crippen molar-refractivity contribution in [1.82, 2.24) is 5.32 Å². The minimum Gasteiger partial charge on any atom is -0.326 e. The van der Waals surface area contributed by atoms with E-state index in [9.17, 15) is 9.59 Å². The van der Waals surface area contributed by atoms with E-state index < -0.39 is 5.25 Å². The highest BCUT2D eigenvalue weighted by molar-refractivity contribution is 8.15. The first-order valence-corrected chi connectivity index (χ1v) is 10.4. The fourth-order valence-corrected chi connectivity index (χ4v) is 3.89. The van der Waals surface area contributed by atoms with Crippen molar-refractivity contribution in [3.8, 4) is 0 Å². The van der Waals surface area contributed by atoms with Gasteiger partial charge in [-0.15, -0.1) is 0 Å². The van der Waals surface area contributed by atoms with Crippen molar-refractivity contribution in [1.29, 1.82) is 0 Å². The molecule has 3 rings (SSSR count). The Balaban J connectivity index is 1.60. The molecule has 1 aliphatic heterocycles. The van der Waals surface area contributed by atoms with Gasteiger partial charge in [0, 0.05) is 12.1 Å². The number of carbonyl (C=O) groups is 2. The Hall–Kier alpha value is -2.60. The van der Waals surface area contributed by atoms with Crippen LogP contribution in [0.15, 0.2) is 53.5 Å². The van der Waals surface area contributed by atoms with Gasteiger partial charge in [0.1, 0.15) is 5.25 Å². The highest BCUT2D eigenvalue weighted by Crippen LogP contribution is 2.27. The Morgan fingerprint density at radius 2 is 1.93 bits per heavy atom. The SMILES string of the molecule is CC[C@H](C)c1ccc(N=C2NC(=O)[C@H](CC(=O)Nc3ccccc3C)S2)cc1. The van der Waals surface area contributed by atoms with Crippen molar-refractivity contribution >= 4 is 40.1 Å². The molecule has 2 aromatic carbocycles. The number of amides is 2. The minimum absolute atomic E-state index is 0.108. The van der Waals surface area contributed by atoms with Gasteiger partial charge in [-0.1, -0.05) is 55.9 Å². The van der Waals surface area contributed by atoms with Crippen molar-refractivity contribution in [3.63, 3.8) is 0 Å². The van der Waals surface area contributed by atoms with Crippen LogP contribution in [0, 0.1) is 6.92 Å². The van der Waals surface area contributed by atoms with Crippen LogP contribution in [0.2, 0.25) is 0 Å². The van der Waals surface area contributed by atoms with Gasteiger partial charge in [-0.25, -0.2) is 4.99 Å². The van der Waals surface area contributed by atoms with Crippen LogP contribution in [-0.2, 0) is 9.59 Å². The standard InChI is InChI=1S/C22H25N3O2S/c1-4-14(2)16-9-11-17(12-10-16)23-22-25-21(27)19(28-22)13-20(26)24-18-8-6-5-7-15(18)3/h5-12,14,19H,4,13H2,1-3H3,(H,24,26)(H,23,25,27)/t14-,19-/m0/s1. The molecule has 0 unspecified atom stereocenters. The summed E-state index contributed by atoms with van der Waals surface area (Å²) in [5.74, 6) is 0.152. The van der Waals surface area contributed by atoms with Crippen LogP contribution >= 0.6 is 11.8 Å². The number of nitrogens with zero attached hydrogens (tertiary/aromatic N) is 1. The van der Waals surface area contributed by atoms with E-state index in [1.165, 1.54) is 17.3 Å². The number of rotatable bonds is 6. The molecule has 1 aliphatic rings. The maximum Gasteiger partial charge on any atom is 0.240 e. The van der Waals surface area contributed by atoms with Gasteiger partial charge >= 0.3 is 0 Å². The largest absolute Gasteiger partial charge is 0.326 e. The van der Waals surface area contributed by atoms with Crippen LogP contribution < -0.4 is 10.6 Å². The Bertz CT molecular complexity index is 893. The van der Waals surface area contributed by atoms with Crippen LogP contribution in [0.4, 0.5) is 11.4 Å². The van der Waals surface area contributed by atoms with Crippen molar-refractivity contribution in [2.24, 2.45) is 4.99 Å². The van der Waals surface area contributed by atoms with Gasteiger partial charge in [0.15, 0.2) is 5.17 Å². The molecule has 1 heterocycles. The van der Waals surface area contributed by atoms with Gasteiger partial charge in [-0.3, -0.25) is 9.59 Å². The van der Waals surface area contributed by atoms with Gasteiger partial charge in [0.05, 0.1) is 5.69 Å². The average molecular weight is 396 g/mol. The lowest BCUT2D eigenvalue weighted by Gasteiger charge is -2.09. The van der Waals surface area contributed by atoms with E-state index in [0.29, 0.717) is 11.1 Å². The number of carbonyl (C=O) groups excluding carboxylic acids is 2. The lowest BCUT2D eigenvalue weighted by atomic mass is 9.99. The summed E-state index contributed by atoms with van der Waals surface area (Å²) in [6, 6.07) is 15.6. The van der Waals surface area contributed by atoms with Gasteiger partial charge in [0.2, 0.25) is 11.8 Å². The van der Waals surface area contributed by atoms with E-state index in [4.69, 9.17) is 0 Å². The maximum atomic E-state index is 12.3. The molecule has 0 aliphatic carbocycles. The molecule has 0 saturated carbocycles. The number of hydrogen-bond acceptors (Lipinski definition) is 4. The number of aryl methyl sites for hydroxylation is 1. The van der Waals surface area contributed by atoms with Crippen LogP contribution in [-0.4, -0.2) is 22.2 Å². The number of para-hydroxylation sites is 1. The van der Waals surface area contributed by atoms with Crippen LogP contribution in [0.25, 0.3) is 0 Å². The molecule has 0 bridgehead atoms. The number of anilines is 1. The van der Waals surface area contributed by atoms with E-state index >= 15 is 0 Å². The quantitative estimate of drug-likeness (QED) is 0.741. The van der Waals surface area contributed by atoms with E-state index in [-0.39, 0.29) is 18.2 Å². The normalized spacial score (nSPS) is 18.8. The first-order chi connectivity index (χ1) is 13.5. The van der Waals surface area contributed by atoms with E-state index in [1.54, 1.807) is 0 Å². The second kappa shape index (κ2) is 9.06. The maximum absolute atomic E-state index is 12.3. The molecule has 6 heteroatoms. The summed E-state index contributed by atoms with van der Waals surface area (Å²) in [5.41, 5.74) is 3.83. The molecule has 2 amide bonds. The zero-order valence-corrected chi connectivity index (χ0v) is 17.2. The Kier molecular flexibility index (Phi) is 6.52. The third kappa shape index (κ3) is 5.01. The molecule has 5 nitrogen and oxygen atoms in total. The number of aliphatic imine (C=N–C) groups is 1. The van der Waals surface area contributed by atoms with Crippen LogP contribution in [0.3, 0.4) is 0 Å². The highest BCUT2D eigenvalue weighted by atomic mass is 32.2. The molecular weight excluding hydrogens is 370 g/mol. The lowest BCUT2D eigenvalue weighted by molar-refractivity contribution is -0.122. The van der Waals surface area contributed by atoms with Gasteiger partial charge in [0.25, 0.3) is 0 Å². The van der Waals surface area contributed by atoms with E-state index in [2.05, 4.69) is 41.6 Å². The summed E-state index contributed by atoms with van der Waals surface area (Å²) in [5, 5.41) is 5.71. The van der Waals surface area contributed by atoms with Crippen LogP contribution in [0.1, 0.15) is 43.7 Å². The monoisotopic (exact) mass is 395 g/mol. The van der Waals surface area contributed by atoms with Crippen molar-refractivity contribution in [2.45, 2.75) is 44.8 Å². The van der Waals surface area contributed by atoms with Crippen molar-refractivity contribution in [3.05, 3.63) is 59.7 Å². The number of thioether (sulfide) groups is 1. The molecule has 28 heavy (non-hydrogen) atoms. The molecule has 2 N–H and O–H groups in total. The number of hydrogen-bond donors (Lipinski definition) is 2. The van der Waals surface area contributed by atoms with Gasteiger partial charge < -0.3 is 10.6 Å². The lowest BCUT2D eigenvalue weighted by Crippen LogP contribution is -2.28. The smallest absolute Gasteiger partial charge is 0.240 e. The van der Waals surface area contributed by atoms with E-state index in [0.717, 1.165) is 23.4 Å². The predicted molar refractivity (Wildman–Crippen MR) is 116 cm³/mol. The molecule has 146 valence electrons. The zero-order chi connectivity index (χ0) is 20.1. The van der Waals surface area contributed by atoms with Gasteiger partial charge in [-0.2, -0.15) is 0 Å². The topological polar surface area (TPSA) is 70.6 Å². The summed E-state index contributed by atoms with van der Waals surface area (Å²) >= 11 is 1.30. The fraction of sp³-hybridized carbons (Fsp3) is 0.318. The zero-order valence-electron chi connectivity index (χ0n) is 16.4. The minimum atomic E-state index is -0.470. The Labute approximate surface area is 170 Å². The number of benzene rings is 2. The molecular formula is C22H25N3O2S. The molecule has 0 radical (unpaired) electrons. The molecule has 1 fully saturated rings. The third-order valence-corrected chi connectivity index (χ3v) is 5.95. The second-order valence-corrected chi connectivity index (χ2v) is 8.17. The third-order valence-electron chi connectivity index (χ3n) is 4.87. The molecule has 1 saturated heterocycles. The predicted octanol–water partition coefficient (Wildman–Crippen LogP) is 4.76. The average Bonchev–Trinajstić information content (AvgIpc) is 3.02. The van der Waals surface area contributed by atoms with Crippen LogP contribution in [0.5, 0.6) is 0 Å². The summed E-state index contributed by atoms with van der Waals surface area (Å²) in [7, 11) is 0. The van der Waals surface area contributed by atoms with Crippen molar-refractivity contribution in [2.75, 3.05) is 5.32 Å².